The molecule has 3 fully saturated rings. The Morgan fingerprint density at radius 2 is 1.86 bits per heavy atom. The lowest BCUT2D eigenvalue weighted by Crippen LogP contribution is -2.30. The summed E-state index contributed by atoms with van der Waals surface area (Å²) in [6, 6.07) is 4.52. The van der Waals surface area contributed by atoms with E-state index in [1.54, 1.807) is 26.0 Å². The van der Waals surface area contributed by atoms with Gasteiger partial charge in [-0.1, -0.05) is 0 Å². The molecule has 2 saturated carbocycles. The Balaban J connectivity index is 1.11. The molecule has 4 aromatic rings. The number of nitrogens with zero attached hydrogens (tertiary/aromatic N) is 8. The molecule has 1 aliphatic heterocycles. The summed E-state index contributed by atoms with van der Waals surface area (Å²) in [6.45, 7) is 5.33. The molecule has 5 heterocycles. The van der Waals surface area contributed by atoms with Crippen LogP contribution in [0.15, 0.2) is 36.8 Å². The van der Waals surface area contributed by atoms with Crippen LogP contribution in [0, 0.1) is 19.8 Å². The molecule has 226 valence electrons. The summed E-state index contributed by atoms with van der Waals surface area (Å²) in [4.78, 5) is 62.5. The van der Waals surface area contributed by atoms with Crippen molar-refractivity contribution in [3.05, 3.63) is 65.4 Å². The normalized spacial score (nSPS) is 22.1. The number of hydrogen-bond donors (Lipinski definition) is 2. The molecule has 0 bridgehead atoms. The Morgan fingerprint density at radius 3 is 2.57 bits per heavy atom. The van der Waals surface area contributed by atoms with Crippen molar-refractivity contribution in [1.82, 2.24) is 34.2 Å². The van der Waals surface area contributed by atoms with Crippen LogP contribution in [-0.2, 0) is 15.3 Å². The summed E-state index contributed by atoms with van der Waals surface area (Å²) in [5.41, 5.74) is 1.67. The molecule has 2 aliphatic carbocycles. The van der Waals surface area contributed by atoms with Gasteiger partial charge in [-0.15, -0.1) is 0 Å². The van der Waals surface area contributed by atoms with Gasteiger partial charge in [0.2, 0.25) is 11.8 Å². The van der Waals surface area contributed by atoms with Crippen molar-refractivity contribution in [1.29, 1.82) is 0 Å². The lowest BCUT2D eigenvalue weighted by atomic mass is 10.1. The lowest BCUT2D eigenvalue weighted by Gasteiger charge is -2.17. The van der Waals surface area contributed by atoms with E-state index in [0.29, 0.717) is 40.3 Å². The molecule has 7 rings (SSSR count). The average Bonchev–Trinajstić information content (AvgIpc) is 3.88. The highest BCUT2D eigenvalue weighted by Crippen LogP contribution is 2.54. The molecule has 44 heavy (non-hydrogen) atoms. The summed E-state index contributed by atoms with van der Waals surface area (Å²) in [5, 5.41) is 6.03. The van der Waals surface area contributed by atoms with Crippen molar-refractivity contribution in [3.63, 3.8) is 0 Å². The van der Waals surface area contributed by atoms with Gasteiger partial charge in [0, 0.05) is 43.8 Å². The number of fused-ring (bicyclic) bond motifs is 1. The topological polar surface area (TPSA) is 151 Å². The number of anilines is 3. The smallest absolute Gasteiger partial charge is 0.331 e. The van der Waals surface area contributed by atoms with E-state index in [4.69, 9.17) is 4.98 Å². The standard InChI is InChI=1S/C30H31FN10O3/c1-15-7-8-32-28(33-15)30(31)11-20(30)27(43)38-24-10-23(35-17(3)36-24)34-16(2)21-13-40-12-19(18-5-6-18)9-22(26(40)37-21)41-14-25(42)39(4)29(41)44/h7-10,12-13,16,18,20H,5-6,11,14H2,1-4H3,(H2,34,35,36,38,43)/t16-,20+,30+/m1/s1. The number of nitrogens with one attached hydrogen (secondary N) is 2. The Bertz CT molecular complexity index is 1860. The van der Waals surface area contributed by atoms with Gasteiger partial charge in [-0.05, 0) is 57.2 Å². The van der Waals surface area contributed by atoms with Crippen molar-refractivity contribution in [2.24, 2.45) is 5.92 Å². The molecule has 0 radical (unpaired) electrons. The van der Waals surface area contributed by atoms with E-state index in [1.807, 2.05) is 29.8 Å². The van der Waals surface area contributed by atoms with E-state index in [1.165, 1.54) is 18.1 Å². The fraction of sp³-hybridized carbons (Fsp3) is 0.400. The third-order valence-corrected chi connectivity index (χ3v) is 8.37. The van der Waals surface area contributed by atoms with Crippen molar-refractivity contribution in [2.45, 2.75) is 57.7 Å². The highest BCUT2D eigenvalue weighted by Gasteiger charge is 2.63. The van der Waals surface area contributed by atoms with Gasteiger partial charge in [-0.2, -0.15) is 0 Å². The van der Waals surface area contributed by atoms with Crippen LogP contribution in [0.2, 0.25) is 0 Å². The van der Waals surface area contributed by atoms with E-state index in [0.717, 1.165) is 23.3 Å². The maximum atomic E-state index is 15.4. The summed E-state index contributed by atoms with van der Waals surface area (Å²) < 4.78 is 17.3. The number of alkyl halides is 1. The molecule has 0 unspecified atom stereocenters. The van der Waals surface area contributed by atoms with Gasteiger partial charge in [0.25, 0.3) is 0 Å². The van der Waals surface area contributed by atoms with Crippen LogP contribution in [0.25, 0.3) is 5.65 Å². The fourth-order valence-electron chi connectivity index (χ4n) is 5.60. The zero-order chi connectivity index (χ0) is 30.9. The van der Waals surface area contributed by atoms with Crippen molar-refractivity contribution >= 4 is 40.8 Å². The molecule has 3 aliphatic rings. The molecule has 3 atom stereocenters. The number of carbonyl (C=O) groups excluding carboxylic acids is 3. The first-order chi connectivity index (χ1) is 21.0. The van der Waals surface area contributed by atoms with Crippen molar-refractivity contribution in [2.75, 3.05) is 29.1 Å². The number of pyridine rings is 1. The second-order valence-electron chi connectivity index (χ2n) is 11.8. The van der Waals surface area contributed by atoms with Crippen LogP contribution < -0.4 is 15.5 Å². The largest absolute Gasteiger partial charge is 0.362 e. The number of urea groups is 1. The van der Waals surface area contributed by atoms with Gasteiger partial charge in [0.1, 0.15) is 24.0 Å². The second kappa shape index (κ2) is 10.0. The second-order valence-corrected chi connectivity index (χ2v) is 11.8. The van der Waals surface area contributed by atoms with Gasteiger partial charge in [-0.3, -0.25) is 19.4 Å². The fourth-order valence-corrected chi connectivity index (χ4v) is 5.60. The molecule has 4 aromatic heterocycles. The summed E-state index contributed by atoms with van der Waals surface area (Å²) in [6.07, 6.45) is 7.57. The summed E-state index contributed by atoms with van der Waals surface area (Å²) in [5.74, 6) is -0.154. The molecule has 1 saturated heterocycles. The monoisotopic (exact) mass is 598 g/mol. The number of amides is 4. The van der Waals surface area contributed by atoms with Crippen LogP contribution >= 0.6 is 0 Å². The predicted molar refractivity (Wildman–Crippen MR) is 158 cm³/mol. The number of aromatic nitrogens is 6. The van der Waals surface area contributed by atoms with E-state index in [2.05, 4.69) is 30.6 Å². The minimum absolute atomic E-state index is 0.000298. The summed E-state index contributed by atoms with van der Waals surface area (Å²) in [7, 11) is 1.48. The third-order valence-electron chi connectivity index (χ3n) is 8.37. The first-order valence-corrected chi connectivity index (χ1v) is 14.5. The molecule has 0 spiro atoms. The number of imidazole rings is 1. The number of likely N-dealkylation sites (N-methyl/N-ethyl adjacent to an activating group) is 1. The number of rotatable bonds is 8. The number of carbonyl (C=O) groups is 3. The Kier molecular flexibility index (Phi) is 6.34. The SMILES string of the molecule is Cc1ccnc([C@]2(F)C[C@H]2C(=O)Nc2cc(N[C@H](C)c3cn4cc(C5CC5)cc(N5CC(=O)N(C)C5=O)c4n3)nc(C)n2)n1. The Labute approximate surface area is 251 Å². The minimum Gasteiger partial charge on any atom is -0.362 e. The Morgan fingerprint density at radius 1 is 1.09 bits per heavy atom. The van der Waals surface area contributed by atoms with Gasteiger partial charge >= 0.3 is 6.03 Å². The number of hydrogen-bond acceptors (Lipinski definition) is 9. The van der Waals surface area contributed by atoms with E-state index < -0.39 is 17.5 Å². The zero-order valence-electron chi connectivity index (χ0n) is 24.7. The molecular formula is C30H31FN10O3. The number of halogens is 1. The first-order valence-electron chi connectivity index (χ1n) is 14.5. The van der Waals surface area contributed by atoms with Crippen LogP contribution in [0.4, 0.5) is 26.5 Å². The van der Waals surface area contributed by atoms with Crippen molar-refractivity contribution in [3.8, 4) is 0 Å². The Hall–Kier alpha value is -5.01. The molecule has 13 nitrogen and oxygen atoms in total. The number of aryl methyl sites for hydroxylation is 2. The average molecular weight is 599 g/mol. The molecular weight excluding hydrogens is 567 g/mol. The van der Waals surface area contributed by atoms with Crippen LogP contribution in [0.3, 0.4) is 0 Å². The highest BCUT2D eigenvalue weighted by molar-refractivity contribution is 6.13. The zero-order valence-corrected chi connectivity index (χ0v) is 24.7. The maximum absolute atomic E-state index is 15.4. The molecule has 2 N–H and O–H groups in total. The van der Waals surface area contributed by atoms with Gasteiger partial charge in [-0.25, -0.2) is 34.1 Å². The van der Waals surface area contributed by atoms with Crippen LogP contribution in [0.5, 0.6) is 0 Å². The number of imide groups is 1. The van der Waals surface area contributed by atoms with Gasteiger partial charge in [0.05, 0.1) is 23.3 Å². The molecule has 0 aromatic carbocycles. The maximum Gasteiger partial charge on any atom is 0.331 e. The van der Waals surface area contributed by atoms with Crippen LogP contribution in [0.1, 0.15) is 66.7 Å². The lowest BCUT2D eigenvalue weighted by molar-refractivity contribution is -0.124. The third kappa shape index (κ3) is 4.89. The molecule has 14 heteroatoms. The van der Waals surface area contributed by atoms with Crippen molar-refractivity contribution < 1.29 is 18.8 Å². The van der Waals surface area contributed by atoms with Crippen LogP contribution in [-0.4, -0.2) is 65.7 Å². The van der Waals surface area contributed by atoms with Gasteiger partial charge in [0.15, 0.2) is 17.1 Å². The summed E-state index contributed by atoms with van der Waals surface area (Å²) >= 11 is 0. The predicted octanol–water partition coefficient (Wildman–Crippen LogP) is 3.80. The molecule has 4 amide bonds. The van der Waals surface area contributed by atoms with E-state index in [-0.39, 0.29) is 42.6 Å². The highest BCUT2D eigenvalue weighted by atomic mass is 19.1. The van der Waals surface area contributed by atoms with E-state index in [9.17, 15) is 14.4 Å². The van der Waals surface area contributed by atoms with Gasteiger partial charge < -0.3 is 15.0 Å². The quantitative estimate of drug-likeness (QED) is 0.289. The van der Waals surface area contributed by atoms with E-state index >= 15 is 4.39 Å². The minimum atomic E-state index is -1.91. The first kappa shape index (κ1) is 27.8.